The highest BCUT2D eigenvalue weighted by Crippen LogP contribution is 2.34. The van der Waals surface area contributed by atoms with Crippen molar-refractivity contribution in [3.8, 4) is 0 Å². The molecule has 1 saturated heterocycles. The molecule has 0 unspecified atom stereocenters. The molecule has 0 bridgehead atoms. The molecular formula is C17H25N5O. The summed E-state index contributed by atoms with van der Waals surface area (Å²) in [6.07, 6.45) is 6.57. The van der Waals surface area contributed by atoms with Crippen LogP contribution in [0.2, 0.25) is 0 Å². The topological polar surface area (TPSA) is 69.2 Å². The fraction of sp³-hybridized carbons (Fsp3) is 0.647. The fourth-order valence-electron chi connectivity index (χ4n) is 4.13. The molecule has 3 heterocycles. The van der Waals surface area contributed by atoms with Gasteiger partial charge in [-0.25, -0.2) is 9.67 Å². The summed E-state index contributed by atoms with van der Waals surface area (Å²) >= 11 is 0. The maximum atomic E-state index is 6.11. The van der Waals surface area contributed by atoms with Gasteiger partial charge in [0.1, 0.15) is 0 Å². The van der Waals surface area contributed by atoms with Crippen LogP contribution in [0.15, 0.2) is 12.3 Å². The van der Waals surface area contributed by atoms with E-state index in [0.717, 1.165) is 61.6 Å². The van der Waals surface area contributed by atoms with Gasteiger partial charge in [0.05, 0.1) is 30.3 Å². The van der Waals surface area contributed by atoms with Crippen molar-refractivity contribution < 1.29 is 4.74 Å². The lowest BCUT2D eigenvalue weighted by Gasteiger charge is -2.38. The number of nitrogen functional groups attached to an aromatic ring is 1. The molecule has 2 fully saturated rings. The first kappa shape index (κ1) is 14.9. The largest absolute Gasteiger partial charge is 0.398 e. The van der Waals surface area contributed by atoms with E-state index in [1.165, 1.54) is 12.8 Å². The minimum atomic E-state index is 0.442. The maximum Gasteiger partial charge on any atom is 0.160 e. The molecule has 0 aromatic carbocycles. The Morgan fingerprint density at radius 2 is 1.83 bits per heavy atom. The van der Waals surface area contributed by atoms with E-state index in [4.69, 9.17) is 15.6 Å². The second-order valence-electron chi connectivity index (χ2n) is 6.74. The summed E-state index contributed by atoms with van der Waals surface area (Å²) in [5.41, 5.74) is 8.82. The zero-order valence-corrected chi connectivity index (χ0v) is 13.7. The van der Waals surface area contributed by atoms with Crippen LogP contribution in [-0.4, -0.2) is 52.0 Å². The van der Waals surface area contributed by atoms with E-state index >= 15 is 0 Å². The first-order valence-corrected chi connectivity index (χ1v) is 8.65. The predicted molar refractivity (Wildman–Crippen MR) is 90.4 cm³/mol. The van der Waals surface area contributed by atoms with Crippen molar-refractivity contribution >= 4 is 16.7 Å². The molecule has 124 valence electrons. The van der Waals surface area contributed by atoms with Gasteiger partial charge in [0.25, 0.3) is 0 Å². The average Bonchev–Trinajstić information content (AvgIpc) is 2.94. The molecule has 0 spiro atoms. The molecule has 0 radical (unpaired) electrons. The Labute approximate surface area is 136 Å². The summed E-state index contributed by atoms with van der Waals surface area (Å²) in [6, 6.07) is 3.00. The van der Waals surface area contributed by atoms with Gasteiger partial charge in [-0.1, -0.05) is 0 Å². The summed E-state index contributed by atoms with van der Waals surface area (Å²) < 4.78 is 7.59. The third-order valence-corrected chi connectivity index (χ3v) is 5.37. The first-order chi connectivity index (χ1) is 11.2. The van der Waals surface area contributed by atoms with E-state index in [2.05, 4.69) is 14.6 Å². The zero-order valence-electron chi connectivity index (χ0n) is 13.7. The Kier molecular flexibility index (Phi) is 3.95. The number of pyridine rings is 1. The summed E-state index contributed by atoms with van der Waals surface area (Å²) in [5, 5.41) is 5.77. The molecule has 2 N–H and O–H groups in total. The minimum Gasteiger partial charge on any atom is -0.398 e. The molecule has 1 aliphatic carbocycles. The molecule has 4 rings (SSSR count). The quantitative estimate of drug-likeness (QED) is 0.919. The first-order valence-electron chi connectivity index (χ1n) is 8.65. The van der Waals surface area contributed by atoms with Gasteiger partial charge in [0, 0.05) is 31.0 Å². The van der Waals surface area contributed by atoms with Crippen LogP contribution in [0, 0.1) is 6.92 Å². The number of aromatic nitrogens is 3. The number of aryl methyl sites for hydroxylation is 1. The summed E-state index contributed by atoms with van der Waals surface area (Å²) in [4.78, 5) is 7.14. The smallest absolute Gasteiger partial charge is 0.160 e. The Morgan fingerprint density at radius 1 is 1.13 bits per heavy atom. The number of rotatable bonds is 2. The molecule has 23 heavy (non-hydrogen) atoms. The highest BCUT2D eigenvalue weighted by molar-refractivity contribution is 5.90. The van der Waals surface area contributed by atoms with E-state index in [1.54, 1.807) is 6.20 Å². The van der Waals surface area contributed by atoms with Crippen molar-refractivity contribution in [2.45, 2.75) is 44.7 Å². The number of anilines is 1. The van der Waals surface area contributed by atoms with Gasteiger partial charge >= 0.3 is 0 Å². The van der Waals surface area contributed by atoms with Crippen LogP contribution >= 0.6 is 0 Å². The summed E-state index contributed by atoms with van der Waals surface area (Å²) in [5.74, 6) is 0. The van der Waals surface area contributed by atoms with Gasteiger partial charge in [-0.2, -0.15) is 5.10 Å². The SMILES string of the molecule is Cc1nn(C2CCC(N3CCOCC3)CC2)c2nccc(N)c12. The van der Waals surface area contributed by atoms with Crippen molar-refractivity contribution in [3.05, 3.63) is 18.0 Å². The van der Waals surface area contributed by atoms with Gasteiger partial charge in [-0.05, 0) is 38.7 Å². The predicted octanol–water partition coefficient (Wildman–Crippen LogP) is 2.14. The minimum absolute atomic E-state index is 0.442. The lowest BCUT2D eigenvalue weighted by atomic mass is 9.90. The van der Waals surface area contributed by atoms with Gasteiger partial charge < -0.3 is 10.5 Å². The molecule has 0 atom stereocenters. The van der Waals surface area contributed by atoms with Gasteiger partial charge in [-0.3, -0.25) is 4.90 Å². The van der Waals surface area contributed by atoms with Crippen LogP contribution < -0.4 is 5.73 Å². The van der Waals surface area contributed by atoms with Crippen molar-refractivity contribution in [3.63, 3.8) is 0 Å². The number of ether oxygens (including phenoxy) is 1. The molecular weight excluding hydrogens is 290 g/mol. The highest BCUT2D eigenvalue weighted by atomic mass is 16.5. The Bertz CT molecular complexity index is 684. The van der Waals surface area contributed by atoms with Crippen molar-refractivity contribution in [1.29, 1.82) is 0 Å². The molecule has 2 aliphatic rings. The maximum absolute atomic E-state index is 6.11. The van der Waals surface area contributed by atoms with Crippen LogP contribution in [0.1, 0.15) is 37.4 Å². The van der Waals surface area contributed by atoms with Gasteiger partial charge in [0.15, 0.2) is 5.65 Å². The summed E-state index contributed by atoms with van der Waals surface area (Å²) in [7, 11) is 0. The monoisotopic (exact) mass is 315 g/mol. The van der Waals surface area contributed by atoms with E-state index in [-0.39, 0.29) is 0 Å². The average molecular weight is 315 g/mol. The second-order valence-corrected chi connectivity index (χ2v) is 6.74. The number of hydrogen-bond acceptors (Lipinski definition) is 5. The third kappa shape index (κ3) is 2.70. The summed E-state index contributed by atoms with van der Waals surface area (Å²) in [6.45, 7) is 5.95. The van der Waals surface area contributed by atoms with Crippen LogP contribution in [0.25, 0.3) is 11.0 Å². The van der Waals surface area contributed by atoms with Crippen LogP contribution in [-0.2, 0) is 4.74 Å². The number of morpholine rings is 1. The van der Waals surface area contributed by atoms with E-state index in [1.807, 2.05) is 13.0 Å². The fourth-order valence-corrected chi connectivity index (χ4v) is 4.13. The molecule has 6 nitrogen and oxygen atoms in total. The van der Waals surface area contributed by atoms with E-state index < -0.39 is 0 Å². The van der Waals surface area contributed by atoms with Gasteiger partial charge in [-0.15, -0.1) is 0 Å². The third-order valence-electron chi connectivity index (χ3n) is 5.37. The van der Waals surface area contributed by atoms with E-state index in [0.29, 0.717) is 12.1 Å². The molecule has 1 aliphatic heterocycles. The molecule has 0 amide bonds. The Morgan fingerprint density at radius 3 is 2.57 bits per heavy atom. The Hall–Kier alpha value is -1.66. The van der Waals surface area contributed by atoms with Crippen molar-refractivity contribution in [1.82, 2.24) is 19.7 Å². The standard InChI is InChI=1S/C17H25N5O/c1-12-16-15(18)6-7-19-17(16)22(20-12)14-4-2-13(3-5-14)21-8-10-23-11-9-21/h6-7,13-14H,2-5,8-11H2,1H3,(H2,18,19). The number of fused-ring (bicyclic) bond motifs is 1. The molecule has 2 aromatic rings. The molecule has 6 heteroatoms. The molecule has 2 aromatic heterocycles. The van der Waals surface area contributed by atoms with Gasteiger partial charge in [0.2, 0.25) is 0 Å². The van der Waals surface area contributed by atoms with E-state index in [9.17, 15) is 0 Å². The van der Waals surface area contributed by atoms with Crippen molar-refractivity contribution in [2.75, 3.05) is 32.0 Å². The Balaban J connectivity index is 1.51. The van der Waals surface area contributed by atoms with Crippen molar-refractivity contribution in [2.24, 2.45) is 0 Å². The molecule has 1 saturated carbocycles. The van der Waals surface area contributed by atoms with Crippen LogP contribution in [0.4, 0.5) is 5.69 Å². The highest BCUT2D eigenvalue weighted by Gasteiger charge is 2.29. The second kappa shape index (κ2) is 6.09. The van der Waals surface area contributed by atoms with Crippen LogP contribution in [0.3, 0.4) is 0 Å². The normalized spacial score (nSPS) is 26.7. The number of hydrogen-bond donors (Lipinski definition) is 1. The lowest BCUT2D eigenvalue weighted by molar-refractivity contribution is 0.00519. The number of nitrogens with zero attached hydrogens (tertiary/aromatic N) is 4. The van der Waals surface area contributed by atoms with Crippen LogP contribution in [0.5, 0.6) is 0 Å². The zero-order chi connectivity index (χ0) is 15.8. The number of nitrogens with two attached hydrogens (primary N) is 1. The lowest BCUT2D eigenvalue weighted by Crippen LogP contribution is -2.45.